The van der Waals surface area contributed by atoms with Crippen molar-refractivity contribution in [2.24, 2.45) is 17.8 Å². The molecule has 4 aliphatic rings. The smallest absolute Gasteiger partial charge is 0.214 e. The van der Waals surface area contributed by atoms with E-state index in [0.717, 1.165) is 17.8 Å². The van der Waals surface area contributed by atoms with Crippen molar-refractivity contribution in [3.05, 3.63) is 60.2 Å². The summed E-state index contributed by atoms with van der Waals surface area (Å²) < 4.78 is 0. The van der Waals surface area contributed by atoms with Gasteiger partial charge in [-0.1, -0.05) is 19.3 Å². The fourth-order valence-corrected chi connectivity index (χ4v) is 5.51. The predicted octanol–water partition coefficient (Wildman–Crippen LogP) is 5.28. The van der Waals surface area contributed by atoms with E-state index in [2.05, 4.69) is 24.3 Å². The molecule has 0 radical (unpaired) electrons. The molecule has 0 aromatic heterocycles. The van der Waals surface area contributed by atoms with Crippen molar-refractivity contribution in [3.8, 4) is 0 Å². The molecule has 0 unspecified atom stereocenters. The van der Waals surface area contributed by atoms with Gasteiger partial charge in [-0.2, -0.15) is 35.9 Å². The third-order valence-corrected chi connectivity index (χ3v) is 5.87. The van der Waals surface area contributed by atoms with Crippen LogP contribution < -0.4 is 0 Å². The van der Waals surface area contributed by atoms with Crippen molar-refractivity contribution in [2.75, 3.05) is 0 Å². The Labute approximate surface area is 139 Å². The molecule has 4 fully saturated rings. The van der Waals surface area contributed by atoms with E-state index in [1.54, 1.807) is 24.8 Å². The maximum absolute atomic E-state index is 2.38. The summed E-state index contributed by atoms with van der Waals surface area (Å²) in [4.78, 5) is 0. The Bertz CT molecular complexity index is 468. The van der Waals surface area contributed by atoms with Crippen LogP contribution in [0.15, 0.2) is 54.6 Å². The first-order valence-corrected chi connectivity index (χ1v) is 8.23. The van der Waals surface area contributed by atoms with Crippen LogP contribution in [-0.4, -0.2) is 0 Å². The molecular formula is C20H24Fe. The molecule has 0 saturated heterocycles. The maximum Gasteiger partial charge on any atom is 2.00 e. The zero-order valence-electron chi connectivity index (χ0n) is 12.5. The van der Waals surface area contributed by atoms with Gasteiger partial charge in [0, 0.05) is 0 Å². The van der Waals surface area contributed by atoms with E-state index in [1.807, 2.05) is 30.3 Å². The van der Waals surface area contributed by atoms with Gasteiger partial charge in [-0.25, -0.2) is 24.3 Å². The quantitative estimate of drug-likeness (QED) is 0.495. The van der Waals surface area contributed by atoms with Crippen LogP contribution in [0.5, 0.6) is 0 Å². The number of hydrogen-bond donors (Lipinski definition) is 0. The molecule has 2 aromatic rings. The summed E-state index contributed by atoms with van der Waals surface area (Å²) in [5, 5.41) is 0. The minimum absolute atomic E-state index is 0. The summed E-state index contributed by atoms with van der Waals surface area (Å²) in [6, 6.07) is 19.2. The topological polar surface area (TPSA) is 0 Å². The predicted molar refractivity (Wildman–Crippen MR) is 83.9 cm³/mol. The Hall–Kier alpha value is -0.781. The van der Waals surface area contributed by atoms with E-state index in [0.29, 0.717) is 5.41 Å². The van der Waals surface area contributed by atoms with Gasteiger partial charge in [0.25, 0.3) is 0 Å². The first-order valence-electron chi connectivity index (χ1n) is 8.23. The molecule has 112 valence electrons. The Kier molecular flexibility index (Phi) is 4.43. The van der Waals surface area contributed by atoms with E-state index in [9.17, 15) is 0 Å². The molecule has 6 rings (SSSR count). The molecule has 0 N–H and O–H groups in total. The number of hydrogen-bond acceptors (Lipinski definition) is 0. The van der Waals surface area contributed by atoms with Gasteiger partial charge in [-0.3, -0.25) is 0 Å². The van der Waals surface area contributed by atoms with Crippen molar-refractivity contribution in [1.82, 2.24) is 0 Å². The van der Waals surface area contributed by atoms with E-state index < -0.39 is 0 Å². The van der Waals surface area contributed by atoms with Gasteiger partial charge in [0.2, 0.25) is 0 Å². The molecule has 0 nitrogen and oxygen atoms in total. The van der Waals surface area contributed by atoms with Crippen LogP contribution in [0.25, 0.3) is 0 Å². The summed E-state index contributed by atoms with van der Waals surface area (Å²) in [5.74, 6) is 3.23. The monoisotopic (exact) mass is 320 g/mol. The summed E-state index contributed by atoms with van der Waals surface area (Å²) in [6.45, 7) is 0. The van der Waals surface area contributed by atoms with Crippen LogP contribution in [0, 0.1) is 17.8 Å². The Balaban J connectivity index is 0.000000190. The van der Waals surface area contributed by atoms with Gasteiger partial charge >= 0.3 is 17.1 Å². The van der Waals surface area contributed by atoms with Crippen molar-refractivity contribution in [3.63, 3.8) is 0 Å². The minimum Gasteiger partial charge on any atom is -0.214 e. The van der Waals surface area contributed by atoms with Gasteiger partial charge < -0.3 is 0 Å². The fourth-order valence-electron chi connectivity index (χ4n) is 5.51. The second-order valence-corrected chi connectivity index (χ2v) is 7.33. The van der Waals surface area contributed by atoms with E-state index in [-0.39, 0.29) is 17.1 Å². The average molecular weight is 320 g/mol. The van der Waals surface area contributed by atoms with Crippen molar-refractivity contribution in [1.29, 1.82) is 0 Å². The van der Waals surface area contributed by atoms with E-state index in [4.69, 9.17) is 0 Å². The van der Waals surface area contributed by atoms with Crippen molar-refractivity contribution < 1.29 is 17.1 Å². The third-order valence-electron chi connectivity index (χ3n) is 5.87. The molecule has 0 amide bonds. The van der Waals surface area contributed by atoms with E-state index in [1.165, 1.54) is 19.3 Å². The molecule has 2 aromatic carbocycles. The van der Waals surface area contributed by atoms with Crippen LogP contribution in [0.2, 0.25) is 0 Å². The van der Waals surface area contributed by atoms with Crippen molar-refractivity contribution >= 4 is 0 Å². The van der Waals surface area contributed by atoms with Crippen LogP contribution in [0.3, 0.4) is 0 Å². The van der Waals surface area contributed by atoms with E-state index >= 15 is 0 Å². The zero-order valence-corrected chi connectivity index (χ0v) is 13.6. The van der Waals surface area contributed by atoms with Gasteiger partial charge in [0.1, 0.15) is 0 Å². The largest absolute Gasteiger partial charge is 2.00 e. The molecule has 4 bridgehead atoms. The molecule has 1 heteroatoms. The first kappa shape index (κ1) is 15.1. The molecule has 0 aliphatic heterocycles. The molecule has 0 spiro atoms. The Morgan fingerprint density at radius 2 is 1.24 bits per heavy atom. The Morgan fingerprint density at radius 3 is 1.62 bits per heavy atom. The molecule has 0 heterocycles. The second kappa shape index (κ2) is 6.15. The van der Waals surface area contributed by atoms with Gasteiger partial charge in [0.05, 0.1) is 0 Å². The molecule has 0 atom stereocenters. The fraction of sp³-hybridized carbons (Fsp3) is 0.500. The minimum atomic E-state index is 0. The SMILES string of the molecule is [Fe+2].c1cc[c-](C23CC4CC(CC(C4)C2)C3)c1.c1cc[cH-]c1. The van der Waals surface area contributed by atoms with Gasteiger partial charge in [0.15, 0.2) is 0 Å². The zero-order chi connectivity index (χ0) is 13.4. The maximum atomic E-state index is 2.38. The first-order chi connectivity index (χ1) is 9.84. The average Bonchev–Trinajstić information content (AvgIpc) is 3.15. The van der Waals surface area contributed by atoms with Crippen LogP contribution >= 0.6 is 0 Å². The normalized spacial score (nSPS) is 35.7. The molecular weight excluding hydrogens is 296 g/mol. The number of rotatable bonds is 1. The second-order valence-electron chi connectivity index (χ2n) is 7.33. The summed E-state index contributed by atoms with van der Waals surface area (Å²) in [7, 11) is 0. The molecule has 21 heavy (non-hydrogen) atoms. The van der Waals surface area contributed by atoms with Crippen LogP contribution in [0.4, 0.5) is 0 Å². The summed E-state index contributed by atoms with van der Waals surface area (Å²) >= 11 is 0. The van der Waals surface area contributed by atoms with Crippen LogP contribution in [0.1, 0.15) is 44.1 Å². The van der Waals surface area contributed by atoms with Gasteiger partial charge in [-0.15, -0.1) is 0 Å². The molecule has 4 saturated carbocycles. The third kappa shape index (κ3) is 2.91. The standard InChI is InChI=1S/C15H19.C5H5.Fe/c1-2-4-14(3-1)15-8-11-5-12(9-15)7-13(6-11)10-15;1-2-4-5-3-1;/h1-4,11-13H,5-10H2;1-5H;/q2*-1;+2. The van der Waals surface area contributed by atoms with Gasteiger partial charge in [-0.05, 0) is 42.4 Å². The summed E-state index contributed by atoms with van der Waals surface area (Å²) in [5.41, 5.74) is 2.29. The Morgan fingerprint density at radius 1 is 0.762 bits per heavy atom. The summed E-state index contributed by atoms with van der Waals surface area (Å²) in [6.07, 6.45) is 9.18. The molecule has 4 aliphatic carbocycles. The van der Waals surface area contributed by atoms with Crippen LogP contribution in [-0.2, 0) is 22.5 Å². The van der Waals surface area contributed by atoms with Crippen molar-refractivity contribution in [2.45, 2.75) is 43.9 Å².